The van der Waals surface area contributed by atoms with Gasteiger partial charge in [-0.15, -0.1) is 0 Å². The van der Waals surface area contributed by atoms with E-state index >= 15 is 0 Å². The third-order valence-electron chi connectivity index (χ3n) is 2.67. The smallest absolute Gasteiger partial charge is 0.0177 e. The van der Waals surface area contributed by atoms with Crippen LogP contribution in [0.15, 0.2) is 0 Å². The Bertz CT molecular complexity index is 170. The van der Waals surface area contributed by atoms with Crippen molar-refractivity contribution in [2.75, 3.05) is 5.75 Å². The van der Waals surface area contributed by atoms with Gasteiger partial charge in [0.25, 0.3) is 0 Å². The minimum atomic E-state index is 0.485. The van der Waals surface area contributed by atoms with Crippen molar-refractivity contribution >= 4 is 11.8 Å². The highest BCUT2D eigenvalue weighted by atomic mass is 32.2. The maximum absolute atomic E-state index is 2.37. The predicted octanol–water partition coefficient (Wildman–Crippen LogP) is 4.73. The van der Waals surface area contributed by atoms with Gasteiger partial charge in [0, 0.05) is 4.75 Å². The lowest BCUT2D eigenvalue weighted by Crippen LogP contribution is -2.41. The van der Waals surface area contributed by atoms with E-state index in [0.29, 0.717) is 15.6 Å². The van der Waals surface area contributed by atoms with Crippen LogP contribution >= 0.6 is 11.8 Å². The van der Waals surface area contributed by atoms with Gasteiger partial charge in [-0.25, -0.2) is 0 Å². The van der Waals surface area contributed by atoms with Crippen molar-refractivity contribution in [2.45, 2.75) is 65.6 Å². The quantitative estimate of drug-likeness (QED) is 0.640. The Kier molecular flexibility index (Phi) is 3.31. The van der Waals surface area contributed by atoms with E-state index < -0.39 is 0 Å². The summed E-state index contributed by atoms with van der Waals surface area (Å²) in [5.41, 5.74) is 0.970. The molecule has 0 atom stereocenters. The molecule has 1 aliphatic rings. The molecule has 14 heavy (non-hydrogen) atoms. The monoisotopic (exact) mass is 214 g/mol. The Morgan fingerprint density at radius 1 is 0.929 bits per heavy atom. The molecule has 0 amide bonds. The Labute approximate surface area is 94.2 Å². The second kappa shape index (κ2) is 3.73. The average molecular weight is 214 g/mol. The summed E-state index contributed by atoms with van der Waals surface area (Å²) >= 11 is 2.21. The van der Waals surface area contributed by atoms with Crippen LogP contribution in [0.4, 0.5) is 0 Å². The van der Waals surface area contributed by atoms with Gasteiger partial charge in [0.05, 0.1) is 0 Å². The van der Waals surface area contributed by atoms with E-state index in [1.165, 1.54) is 25.0 Å². The molecule has 0 bridgehead atoms. The van der Waals surface area contributed by atoms with E-state index in [4.69, 9.17) is 0 Å². The molecule has 0 aromatic carbocycles. The third-order valence-corrected chi connectivity index (χ3v) is 4.18. The van der Waals surface area contributed by atoms with Gasteiger partial charge in [0.2, 0.25) is 0 Å². The first-order valence-corrected chi connectivity index (χ1v) is 6.75. The molecule has 0 N–H and O–H groups in total. The molecule has 1 rings (SSSR count). The van der Waals surface area contributed by atoms with Gasteiger partial charge in [0.1, 0.15) is 0 Å². The molecule has 1 heteroatoms. The van der Waals surface area contributed by atoms with Gasteiger partial charge < -0.3 is 0 Å². The zero-order chi connectivity index (χ0) is 11.0. The topological polar surface area (TPSA) is 0 Å². The second-order valence-corrected chi connectivity index (χ2v) is 8.82. The van der Waals surface area contributed by atoms with Crippen LogP contribution in [-0.4, -0.2) is 10.5 Å². The van der Waals surface area contributed by atoms with Crippen molar-refractivity contribution in [1.82, 2.24) is 0 Å². The molecule has 0 aromatic heterocycles. The van der Waals surface area contributed by atoms with Gasteiger partial charge in [-0.3, -0.25) is 0 Å². The van der Waals surface area contributed by atoms with Crippen molar-refractivity contribution in [2.24, 2.45) is 10.8 Å². The SMILES string of the molecule is CC(C)(C)CC1(CC(C)(C)C)CCS1. The number of hydrogen-bond acceptors (Lipinski definition) is 1. The van der Waals surface area contributed by atoms with Crippen LogP contribution in [0.2, 0.25) is 0 Å². The average Bonchev–Trinajstić information content (AvgIpc) is 1.75. The number of thioether (sulfide) groups is 1. The van der Waals surface area contributed by atoms with E-state index in [-0.39, 0.29) is 0 Å². The third kappa shape index (κ3) is 3.84. The molecular formula is C13H26S. The Balaban J connectivity index is 2.59. The summed E-state index contributed by atoms with van der Waals surface area (Å²) in [6.45, 7) is 14.2. The summed E-state index contributed by atoms with van der Waals surface area (Å²) in [6, 6.07) is 0. The number of rotatable bonds is 2. The fourth-order valence-electron chi connectivity index (χ4n) is 2.67. The maximum Gasteiger partial charge on any atom is 0.0177 e. The van der Waals surface area contributed by atoms with Crippen LogP contribution in [0.3, 0.4) is 0 Å². The molecule has 1 aliphatic heterocycles. The van der Waals surface area contributed by atoms with E-state index in [1.54, 1.807) is 0 Å². The lowest BCUT2D eigenvalue weighted by molar-refractivity contribution is 0.232. The maximum atomic E-state index is 2.37. The molecule has 0 saturated carbocycles. The van der Waals surface area contributed by atoms with Crippen molar-refractivity contribution in [3.8, 4) is 0 Å². The van der Waals surface area contributed by atoms with Crippen molar-refractivity contribution in [1.29, 1.82) is 0 Å². The second-order valence-electron chi connectivity index (χ2n) is 7.26. The summed E-state index contributed by atoms with van der Waals surface area (Å²) < 4.78 is 0.608. The Hall–Kier alpha value is 0.350. The van der Waals surface area contributed by atoms with Crippen LogP contribution in [0.5, 0.6) is 0 Å². The van der Waals surface area contributed by atoms with E-state index in [9.17, 15) is 0 Å². The van der Waals surface area contributed by atoms with E-state index in [2.05, 4.69) is 53.3 Å². The molecule has 0 radical (unpaired) electrons. The first kappa shape index (κ1) is 12.4. The first-order valence-electron chi connectivity index (χ1n) is 5.76. The summed E-state index contributed by atoms with van der Waals surface area (Å²) in [5.74, 6) is 1.38. The van der Waals surface area contributed by atoms with Crippen LogP contribution in [0, 0.1) is 10.8 Å². The summed E-state index contributed by atoms with van der Waals surface area (Å²) in [4.78, 5) is 0. The lowest BCUT2D eigenvalue weighted by Gasteiger charge is -2.48. The molecule has 0 spiro atoms. The van der Waals surface area contributed by atoms with E-state index in [0.717, 1.165) is 0 Å². The Morgan fingerprint density at radius 2 is 1.29 bits per heavy atom. The van der Waals surface area contributed by atoms with Crippen LogP contribution in [0.1, 0.15) is 60.8 Å². The minimum absolute atomic E-state index is 0.485. The zero-order valence-corrected chi connectivity index (χ0v) is 11.6. The van der Waals surface area contributed by atoms with Gasteiger partial charge in [-0.2, -0.15) is 11.8 Å². The van der Waals surface area contributed by atoms with Crippen LogP contribution in [0.25, 0.3) is 0 Å². The first-order chi connectivity index (χ1) is 6.12. The fourth-order valence-corrected chi connectivity index (χ4v) is 4.52. The molecule has 0 nitrogen and oxygen atoms in total. The van der Waals surface area contributed by atoms with Crippen molar-refractivity contribution in [3.63, 3.8) is 0 Å². The summed E-state index contributed by atoms with van der Waals surface area (Å²) in [7, 11) is 0. The minimum Gasteiger partial charge on any atom is -0.155 e. The predicted molar refractivity (Wildman–Crippen MR) is 68.0 cm³/mol. The molecule has 1 fully saturated rings. The summed E-state index contributed by atoms with van der Waals surface area (Å²) in [6.07, 6.45) is 4.19. The van der Waals surface area contributed by atoms with Gasteiger partial charge in [-0.05, 0) is 35.8 Å². The highest BCUT2D eigenvalue weighted by Gasteiger charge is 2.43. The zero-order valence-electron chi connectivity index (χ0n) is 10.7. The molecule has 84 valence electrons. The molecular weight excluding hydrogens is 188 g/mol. The van der Waals surface area contributed by atoms with Crippen molar-refractivity contribution in [3.05, 3.63) is 0 Å². The van der Waals surface area contributed by atoms with Crippen LogP contribution in [-0.2, 0) is 0 Å². The van der Waals surface area contributed by atoms with Crippen LogP contribution < -0.4 is 0 Å². The fraction of sp³-hybridized carbons (Fsp3) is 1.00. The number of hydrogen-bond donors (Lipinski definition) is 0. The van der Waals surface area contributed by atoms with Gasteiger partial charge in [-0.1, -0.05) is 41.5 Å². The normalized spacial score (nSPS) is 21.9. The molecule has 1 saturated heterocycles. The molecule has 0 unspecified atom stereocenters. The van der Waals surface area contributed by atoms with Crippen molar-refractivity contribution < 1.29 is 0 Å². The lowest BCUT2D eigenvalue weighted by atomic mass is 9.74. The molecule has 0 aliphatic carbocycles. The van der Waals surface area contributed by atoms with Gasteiger partial charge in [0.15, 0.2) is 0 Å². The van der Waals surface area contributed by atoms with E-state index in [1.807, 2.05) is 0 Å². The highest BCUT2D eigenvalue weighted by molar-refractivity contribution is 8.02. The molecule has 1 heterocycles. The Morgan fingerprint density at radius 3 is 1.43 bits per heavy atom. The highest BCUT2D eigenvalue weighted by Crippen LogP contribution is 2.53. The summed E-state index contributed by atoms with van der Waals surface area (Å²) in [5, 5.41) is 0. The standard InChI is InChI=1S/C13H26S/c1-11(2,3)9-13(7-8-14-13)10-12(4,5)6/h7-10H2,1-6H3. The van der Waals surface area contributed by atoms with Gasteiger partial charge >= 0.3 is 0 Å². The largest absolute Gasteiger partial charge is 0.155 e. The molecule has 0 aromatic rings.